The van der Waals surface area contributed by atoms with Gasteiger partial charge < -0.3 is 4.74 Å². The zero-order valence-electron chi connectivity index (χ0n) is 19.6. The number of pyridine rings is 1. The van der Waals surface area contributed by atoms with Gasteiger partial charge in [0.05, 0.1) is 29.4 Å². The fourth-order valence-corrected chi connectivity index (χ4v) is 5.14. The first-order chi connectivity index (χ1) is 17.3. The van der Waals surface area contributed by atoms with Gasteiger partial charge in [0, 0.05) is 17.0 Å². The first-order valence-electron chi connectivity index (χ1n) is 10.9. The number of methoxy groups -OCH3 is 1. The van der Waals surface area contributed by atoms with Gasteiger partial charge in [-0.1, -0.05) is 41.9 Å². The van der Waals surface area contributed by atoms with E-state index in [0.717, 1.165) is 15.3 Å². The van der Waals surface area contributed by atoms with Gasteiger partial charge in [-0.25, -0.2) is 18.8 Å². The van der Waals surface area contributed by atoms with Crippen molar-refractivity contribution in [1.29, 1.82) is 0 Å². The van der Waals surface area contributed by atoms with Crippen LogP contribution in [0.1, 0.15) is 11.1 Å². The van der Waals surface area contributed by atoms with Crippen LogP contribution in [0.15, 0.2) is 88.9 Å². The van der Waals surface area contributed by atoms with E-state index in [1.165, 1.54) is 18.3 Å². The number of rotatable bonds is 8. The Morgan fingerprint density at radius 2 is 1.86 bits per heavy atom. The number of hydrazone groups is 1. The molecule has 1 N–H and O–H groups in total. The molecule has 10 heteroatoms. The largest absolute Gasteiger partial charge is 0.497 e. The molecule has 0 spiro atoms. The van der Waals surface area contributed by atoms with Crippen molar-refractivity contribution < 1.29 is 17.9 Å². The van der Waals surface area contributed by atoms with Crippen LogP contribution in [0, 0.1) is 6.92 Å². The summed E-state index contributed by atoms with van der Waals surface area (Å²) < 4.78 is 33.0. The number of nitrogens with zero attached hydrogens (tertiary/aromatic N) is 3. The summed E-state index contributed by atoms with van der Waals surface area (Å²) >= 11 is 6.28. The average molecular weight is 523 g/mol. The summed E-state index contributed by atoms with van der Waals surface area (Å²) in [6.07, 6.45) is 1.36. The van der Waals surface area contributed by atoms with Crippen LogP contribution >= 0.6 is 11.6 Å². The number of hydrogen-bond donors (Lipinski definition) is 1. The fourth-order valence-electron chi connectivity index (χ4n) is 3.51. The predicted molar refractivity (Wildman–Crippen MR) is 141 cm³/mol. The lowest BCUT2D eigenvalue weighted by Crippen LogP contribution is -2.39. The summed E-state index contributed by atoms with van der Waals surface area (Å²) in [7, 11) is -2.43. The molecule has 184 valence electrons. The van der Waals surface area contributed by atoms with Gasteiger partial charge in [-0.05, 0) is 55.0 Å². The zero-order valence-corrected chi connectivity index (χ0v) is 21.1. The van der Waals surface area contributed by atoms with Gasteiger partial charge in [0.15, 0.2) is 0 Å². The minimum atomic E-state index is -4.00. The maximum atomic E-state index is 13.4. The van der Waals surface area contributed by atoms with Gasteiger partial charge in [0.2, 0.25) is 0 Å². The molecule has 1 aromatic heterocycles. The molecule has 3 aromatic carbocycles. The van der Waals surface area contributed by atoms with Crippen LogP contribution in [0.3, 0.4) is 0 Å². The number of hydrogen-bond acceptors (Lipinski definition) is 6. The summed E-state index contributed by atoms with van der Waals surface area (Å²) in [4.78, 5) is 17.2. The third-order valence-corrected chi connectivity index (χ3v) is 7.40. The van der Waals surface area contributed by atoms with Crippen LogP contribution in [0.25, 0.3) is 10.9 Å². The number of benzene rings is 3. The highest BCUT2D eigenvalue weighted by atomic mass is 35.5. The van der Waals surface area contributed by atoms with Gasteiger partial charge in [-0.15, -0.1) is 0 Å². The van der Waals surface area contributed by atoms with Crippen LogP contribution in [0.4, 0.5) is 5.69 Å². The number of ether oxygens (including phenoxy) is 1. The molecule has 0 aliphatic rings. The topological polar surface area (TPSA) is 101 Å². The Hall–Kier alpha value is -3.95. The third kappa shape index (κ3) is 5.64. The highest BCUT2D eigenvalue weighted by Gasteiger charge is 2.27. The number of halogens is 1. The summed E-state index contributed by atoms with van der Waals surface area (Å²) in [5, 5.41) is 4.98. The standard InChI is InChI=1S/C26H23ClN4O4S/c1-18-7-6-8-21(13-18)31(36(33,34)23-9-4-3-5-10-23)17-25(32)30-28-16-20-14-19-11-12-22(35-2)15-24(19)29-26(20)27/h3-16H,17H2,1-2H3,(H,30,32)/b28-16+. The van der Waals surface area contributed by atoms with Crippen LogP contribution in [-0.2, 0) is 14.8 Å². The molecule has 0 fully saturated rings. The normalized spacial score (nSPS) is 11.5. The van der Waals surface area contributed by atoms with E-state index in [1.54, 1.807) is 61.7 Å². The lowest BCUT2D eigenvalue weighted by Gasteiger charge is -2.24. The Bertz CT molecular complexity index is 1540. The second-order valence-corrected chi connectivity index (χ2v) is 10.1. The van der Waals surface area contributed by atoms with E-state index in [-0.39, 0.29) is 10.0 Å². The number of anilines is 1. The number of carbonyl (C=O) groups excluding carboxylic acids is 1. The van der Waals surface area contributed by atoms with Crippen LogP contribution in [-0.4, -0.2) is 39.2 Å². The average Bonchev–Trinajstić information content (AvgIpc) is 2.87. The van der Waals surface area contributed by atoms with Crippen molar-refractivity contribution in [3.63, 3.8) is 0 Å². The van der Waals surface area contributed by atoms with Crippen molar-refractivity contribution in [2.24, 2.45) is 5.10 Å². The Balaban J connectivity index is 1.55. The Kier molecular flexibility index (Phi) is 7.52. The number of amides is 1. The smallest absolute Gasteiger partial charge is 0.264 e. The van der Waals surface area contributed by atoms with Crippen molar-refractivity contribution in [3.8, 4) is 5.75 Å². The SMILES string of the molecule is COc1ccc2cc(/C=N/NC(=O)CN(c3cccc(C)c3)S(=O)(=O)c3ccccc3)c(Cl)nc2c1. The number of sulfonamides is 1. The summed E-state index contributed by atoms with van der Waals surface area (Å²) in [5.41, 5.74) is 4.75. The van der Waals surface area contributed by atoms with Gasteiger partial charge in [0.1, 0.15) is 17.4 Å². The molecule has 8 nitrogen and oxygen atoms in total. The van der Waals surface area contributed by atoms with E-state index in [9.17, 15) is 13.2 Å². The van der Waals surface area contributed by atoms with E-state index in [1.807, 2.05) is 19.1 Å². The van der Waals surface area contributed by atoms with Crippen LogP contribution in [0.2, 0.25) is 5.15 Å². The number of aromatic nitrogens is 1. The van der Waals surface area contributed by atoms with Crippen molar-refractivity contribution in [2.75, 3.05) is 18.0 Å². The highest BCUT2D eigenvalue weighted by Crippen LogP contribution is 2.25. The third-order valence-electron chi connectivity index (χ3n) is 5.31. The first kappa shape index (κ1) is 25.2. The molecule has 0 aliphatic heterocycles. The lowest BCUT2D eigenvalue weighted by molar-refractivity contribution is -0.119. The van der Waals surface area contributed by atoms with E-state index in [0.29, 0.717) is 22.5 Å². The Morgan fingerprint density at radius 3 is 2.58 bits per heavy atom. The maximum Gasteiger partial charge on any atom is 0.264 e. The molecule has 36 heavy (non-hydrogen) atoms. The second-order valence-electron chi connectivity index (χ2n) is 7.88. The van der Waals surface area contributed by atoms with Gasteiger partial charge in [-0.2, -0.15) is 5.10 Å². The summed E-state index contributed by atoms with van der Waals surface area (Å²) in [5.74, 6) is 0.0326. The van der Waals surface area contributed by atoms with Crippen LogP contribution in [0.5, 0.6) is 5.75 Å². The summed E-state index contributed by atoms with van der Waals surface area (Å²) in [6.45, 7) is 1.38. The van der Waals surface area contributed by atoms with E-state index in [2.05, 4.69) is 15.5 Å². The van der Waals surface area contributed by atoms with Crippen molar-refractivity contribution in [3.05, 3.63) is 95.1 Å². The molecule has 0 saturated carbocycles. The number of carbonyl (C=O) groups is 1. The molecule has 4 aromatic rings. The monoisotopic (exact) mass is 522 g/mol. The Labute approximate surface area is 214 Å². The minimum absolute atomic E-state index is 0.0773. The second kappa shape index (κ2) is 10.8. The number of fused-ring (bicyclic) bond motifs is 1. The zero-order chi connectivity index (χ0) is 25.7. The van der Waals surface area contributed by atoms with Crippen molar-refractivity contribution in [1.82, 2.24) is 10.4 Å². The Morgan fingerprint density at radius 1 is 1.08 bits per heavy atom. The molecule has 4 rings (SSSR count). The molecule has 0 unspecified atom stereocenters. The number of nitrogens with one attached hydrogen (secondary N) is 1. The lowest BCUT2D eigenvalue weighted by atomic mass is 10.1. The highest BCUT2D eigenvalue weighted by molar-refractivity contribution is 7.92. The molecule has 0 atom stereocenters. The molecule has 0 aliphatic carbocycles. The molecular weight excluding hydrogens is 500 g/mol. The molecule has 0 radical (unpaired) electrons. The molecular formula is C26H23ClN4O4S. The van der Waals surface area contributed by atoms with E-state index >= 15 is 0 Å². The number of aryl methyl sites for hydroxylation is 1. The maximum absolute atomic E-state index is 13.4. The van der Waals surface area contributed by atoms with E-state index < -0.39 is 22.5 Å². The quantitative estimate of drug-likeness (QED) is 0.208. The van der Waals surface area contributed by atoms with Crippen molar-refractivity contribution in [2.45, 2.75) is 11.8 Å². The minimum Gasteiger partial charge on any atom is -0.497 e. The molecule has 1 amide bonds. The van der Waals surface area contributed by atoms with Crippen molar-refractivity contribution >= 4 is 50.3 Å². The summed E-state index contributed by atoms with van der Waals surface area (Å²) in [6, 6.07) is 22.0. The predicted octanol–water partition coefficient (Wildman–Crippen LogP) is 4.55. The van der Waals surface area contributed by atoms with Gasteiger partial charge >= 0.3 is 0 Å². The fraction of sp³-hybridized carbons (Fsp3) is 0.115. The van der Waals surface area contributed by atoms with Crippen LogP contribution < -0.4 is 14.5 Å². The molecule has 0 saturated heterocycles. The molecule has 1 heterocycles. The van der Waals surface area contributed by atoms with E-state index in [4.69, 9.17) is 16.3 Å². The first-order valence-corrected chi connectivity index (χ1v) is 12.7. The molecule has 0 bridgehead atoms. The van der Waals surface area contributed by atoms with Gasteiger partial charge in [0.25, 0.3) is 15.9 Å². The van der Waals surface area contributed by atoms with Gasteiger partial charge in [-0.3, -0.25) is 9.10 Å².